The molecule has 1 aromatic heterocycles. The average Bonchev–Trinajstić information content (AvgIpc) is 2.90. The number of fused-ring (bicyclic) bond motifs is 1. The Morgan fingerprint density at radius 3 is 2.46 bits per heavy atom. The third kappa shape index (κ3) is 5.04. The van der Waals surface area contributed by atoms with Gasteiger partial charge in [0.1, 0.15) is 5.82 Å². The highest BCUT2D eigenvalue weighted by molar-refractivity contribution is 9.10. The van der Waals surface area contributed by atoms with Crippen LogP contribution < -0.4 is 10.9 Å². The van der Waals surface area contributed by atoms with Crippen LogP contribution in [0, 0.1) is 6.92 Å². The Hall–Kier alpha value is -3.49. The number of urea groups is 1. The maximum atomic E-state index is 13.7. The topological polar surface area (TPSA) is 70.5 Å². The number of nitrogens with one attached hydrogen (secondary N) is 1. The highest BCUT2D eigenvalue weighted by Crippen LogP contribution is 2.26. The van der Waals surface area contributed by atoms with Crippen molar-refractivity contribution >= 4 is 38.6 Å². The number of anilines is 1. The molecule has 2 amide bonds. The van der Waals surface area contributed by atoms with Gasteiger partial charge >= 0.3 is 6.03 Å². The van der Waals surface area contributed by atoms with Crippen molar-refractivity contribution in [2.45, 2.75) is 32.9 Å². The highest BCUT2D eigenvalue weighted by Gasteiger charge is 2.32. The Morgan fingerprint density at radius 1 is 1.03 bits per heavy atom. The lowest BCUT2D eigenvalue weighted by atomic mass is 10.1. The number of benzene rings is 3. The second kappa shape index (κ2) is 10.5. The van der Waals surface area contributed by atoms with Crippen LogP contribution in [-0.4, -0.2) is 51.1 Å². The van der Waals surface area contributed by atoms with Gasteiger partial charge in [0.25, 0.3) is 5.56 Å². The van der Waals surface area contributed by atoms with E-state index in [1.54, 1.807) is 4.57 Å². The van der Waals surface area contributed by atoms with E-state index in [0.717, 1.165) is 21.4 Å². The lowest BCUT2D eigenvalue weighted by molar-refractivity contribution is 0.0801. The first-order chi connectivity index (χ1) is 17.8. The molecule has 2 unspecified atom stereocenters. The second-order valence-corrected chi connectivity index (χ2v) is 10.5. The van der Waals surface area contributed by atoms with Crippen molar-refractivity contribution < 1.29 is 4.79 Å². The fourth-order valence-electron chi connectivity index (χ4n) is 4.97. The standard InChI is InChI=1S/C29H30BrN5O2/c1-19-8-4-6-10-25(19)32-29(37)34-17-16-33(18-20(34)2)21(3)27-31-26-11-7-5-9-24(26)28(36)35(27)23-14-12-22(30)13-15-23/h4-15,20-21H,16-18H2,1-3H3,(H,32,37). The van der Waals surface area contributed by atoms with Gasteiger partial charge in [-0.2, -0.15) is 0 Å². The van der Waals surface area contributed by atoms with Crippen LogP contribution in [0.15, 0.2) is 82.1 Å². The Labute approximate surface area is 224 Å². The molecule has 1 aliphatic rings. The van der Waals surface area contributed by atoms with Gasteiger partial charge in [-0.15, -0.1) is 0 Å². The van der Waals surface area contributed by atoms with E-state index >= 15 is 0 Å². The summed E-state index contributed by atoms with van der Waals surface area (Å²) in [5, 5.41) is 3.65. The summed E-state index contributed by atoms with van der Waals surface area (Å²) in [6, 6.07) is 22.7. The number of piperazine rings is 1. The van der Waals surface area contributed by atoms with Crippen molar-refractivity contribution in [2.75, 3.05) is 25.0 Å². The summed E-state index contributed by atoms with van der Waals surface area (Å²) in [7, 11) is 0. The predicted octanol–water partition coefficient (Wildman–Crippen LogP) is 5.76. The monoisotopic (exact) mass is 559 g/mol. The van der Waals surface area contributed by atoms with Crippen LogP contribution in [0.1, 0.15) is 31.3 Å². The largest absolute Gasteiger partial charge is 0.322 e. The Balaban J connectivity index is 1.43. The van der Waals surface area contributed by atoms with Crippen LogP contribution in [0.25, 0.3) is 16.6 Å². The van der Waals surface area contributed by atoms with Gasteiger partial charge in [-0.3, -0.25) is 14.3 Å². The molecule has 2 atom stereocenters. The lowest BCUT2D eigenvalue weighted by Crippen LogP contribution is -2.55. The number of rotatable bonds is 4. The van der Waals surface area contributed by atoms with Gasteiger partial charge < -0.3 is 10.2 Å². The van der Waals surface area contributed by atoms with Crippen molar-refractivity contribution in [3.05, 3.63) is 99.0 Å². The van der Waals surface area contributed by atoms with Gasteiger partial charge in [0.2, 0.25) is 0 Å². The van der Waals surface area contributed by atoms with Crippen LogP contribution in [-0.2, 0) is 0 Å². The number of halogens is 1. The molecule has 37 heavy (non-hydrogen) atoms. The maximum Gasteiger partial charge on any atom is 0.322 e. The SMILES string of the molecule is Cc1ccccc1NC(=O)N1CCN(C(C)c2nc3ccccc3c(=O)n2-c2ccc(Br)cc2)CC1C. The van der Waals surface area contributed by atoms with Crippen LogP contribution in [0.3, 0.4) is 0 Å². The first-order valence-electron chi connectivity index (χ1n) is 12.5. The minimum Gasteiger partial charge on any atom is -0.319 e. The normalized spacial score (nSPS) is 17.1. The molecule has 8 heteroatoms. The quantitative estimate of drug-likeness (QED) is 0.345. The molecule has 4 aromatic rings. The van der Waals surface area contributed by atoms with Crippen molar-refractivity contribution in [3.8, 4) is 5.69 Å². The zero-order valence-corrected chi connectivity index (χ0v) is 22.8. The molecule has 0 radical (unpaired) electrons. The number of carbonyl (C=O) groups excluding carboxylic acids is 1. The molecule has 1 N–H and O–H groups in total. The molecule has 7 nitrogen and oxygen atoms in total. The third-order valence-corrected chi connectivity index (χ3v) is 7.64. The van der Waals surface area contributed by atoms with E-state index in [1.165, 1.54) is 0 Å². The fraction of sp³-hybridized carbons (Fsp3) is 0.276. The summed E-state index contributed by atoms with van der Waals surface area (Å²) in [4.78, 5) is 35.9. The molecule has 190 valence electrons. The van der Waals surface area contributed by atoms with E-state index in [2.05, 4.69) is 40.0 Å². The minimum atomic E-state index is -0.134. The minimum absolute atomic E-state index is 0.00599. The van der Waals surface area contributed by atoms with Crippen molar-refractivity contribution in [1.29, 1.82) is 0 Å². The molecule has 5 rings (SSSR count). The van der Waals surface area contributed by atoms with Crippen LogP contribution in [0.5, 0.6) is 0 Å². The lowest BCUT2D eigenvalue weighted by Gasteiger charge is -2.42. The second-order valence-electron chi connectivity index (χ2n) is 9.56. The number of aryl methyl sites for hydroxylation is 1. The third-order valence-electron chi connectivity index (χ3n) is 7.11. The smallest absolute Gasteiger partial charge is 0.319 e. The number of carbonyl (C=O) groups is 1. The molecule has 0 saturated carbocycles. The van der Waals surface area contributed by atoms with E-state index in [1.807, 2.05) is 84.6 Å². The molecular formula is C29H30BrN5O2. The molecular weight excluding hydrogens is 530 g/mol. The number of hydrogen-bond donors (Lipinski definition) is 1. The number of aromatic nitrogens is 2. The summed E-state index contributed by atoms with van der Waals surface area (Å²) < 4.78 is 2.67. The molecule has 1 saturated heterocycles. The summed E-state index contributed by atoms with van der Waals surface area (Å²) in [5.74, 6) is 0.691. The fourth-order valence-corrected chi connectivity index (χ4v) is 5.24. The van der Waals surface area contributed by atoms with E-state index in [4.69, 9.17) is 4.98 Å². The summed E-state index contributed by atoms with van der Waals surface area (Å²) in [6.45, 7) is 8.06. The molecule has 0 aliphatic carbocycles. The molecule has 0 spiro atoms. The zero-order valence-electron chi connectivity index (χ0n) is 21.2. The van der Waals surface area contributed by atoms with E-state index < -0.39 is 0 Å². The predicted molar refractivity (Wildman–Crippen MR) is 151 cm³/mol. The van der Waals surface area contributed by atoms with Crippen molar-refractivity contribution in [3.63, 3.8) is 0 Å². The highest BCUT2D eigenvalue weighted by atomic mass is 79.9. The Kier molecular flexibility index (Phi) is 7.13. The van der Waals surface area contributed by atoms with E-state index in [9.17, 15) is 9.59 Å². The Bertz CT molecular complexity index is 1500. The maximum absolute atomic E-state index is 13.7. The number of amides is 2. The first-order valence-corrected chi connectivity index (χ1v) is 13.3. The molecule has 1 fully saturated rings. The summed E-state index contributed by atoms with van der Waals surface area (Å²) >= 11 is 3.49. The van der Waals surface area contributed by atoms with Gasteiger partial charge in [0, 0.05) is 35.8 Å². The first kappa shape index (κ1) is 25.2. The van der Waals surface area contributed by atoms with Crippen molar-refractivity contribution in [1.82, 2.24) is 19.4 Å². The number of hydrogen-bond acceptors (Lipinski definition) is 4. The number of para-hydroxylation sites is 2. The molecule has 1 aliphatic heterocycles. The molecule has 0 bridgehead atoms. The van der Waals surface area contributed by atoms with Gasteiger partial charge in [-0.1, -0.05) is 46.3 Å². The van der Waals surface area contributed by atoms with Crippen LogP contribution in [0.2, 0.25) is 0 Å². The van der Waals surface area contributed by atoms with Gasteiger partial charge in [-0.25, -0.2) is 9.78 Å². The molecule has 2 heterocycles. The van der Waals surface area contributed by atoms with Crippen LogP contribution >= 0.6 is 15.9 Å². The van der Waals surface area contributed by atoms with E-state index in [0.29, 0.717) is 36.4 Å². The van der Waals surface area contributed by atoms with Gasteiger partial charge in [0.15, 0.2) is 0 Å². The zero-order chi connectivity index (χ0) is 26.1. The van der Waals surface area contributed by atoms with Crippen LogP contribution in [0.4, 0.5) is 10.5 Å². The molecule has 3 aromatic carbocycles. The summed E-state index contributed by atoms with van der Waals surface area (Å²) in [6.07, 6.45) is 0. The van der Waals surface area contributed by atoms with Gasteiger partial charge in [-0.05, 0) is 68.8 Å². The Morgan fingerprint density at radius 2 is 1.73 bits per heavy atom. The number of nitrogens with zero attached hydrogens (tertiary/aromatic N) is 4. The average molecular weight is 560 g/mol. The van der Waals surface area contributed by atoms with Gasteiger partial charge in [0.05, 0.1) is 22.6 Å². The van der Waals surface area contributed by atoms with Crippen molar-refractivity contribution in [2.24, 2.45) is 0 Å². The van der Waals surface area contributed by atoms with E-state index in [-0.39, 0.29) is 23.7 Å². The summed E-state index contributed by atoms with van der Waals surface area (Å²) in [5.41, 5.74) is 3.24.